The fourth-order valence-electron chi connectivity index (χ4n) is 3.76. The van der Waals surface area contributed by atoms with Gasteiger partial charge < -0.3 is 14.8 Å². The van der Waals surface area contributed by atoms with Gasteiger partial charge in [0.2, 0.25) is 0 Å². The first-order valence-corrected chi connectivity index (χ1v) is 9.61. The lowest BCUT2D eigenvalue weighted by atomic mass is 10.1. The summed E-state index contributed by atoms with van der Waals surface area (Å²) in [5.41, 5.74) is 0.650. The average Bonchev–Trinajstić information content (AvgIpc) is 3.45. The zero-order chi connectivity index (χ0) is 20.4. The first-order chi connectivity index (χ1) is 13.9. The number of nitrogens with one attached hydrogen (secondary N) is 2. The Morgan fingerprint density at radius 2 is 2.00 bits per heavy atom. The van der Waals surface area contributed by atoms with Crippen molar-refractivity contribution in [3.63, 3.8) is 0 Å². The number of alkyl halides is 3. The standard InChI is InChI=1S/C20H22F3N5O/c21-20(22,23)18-12-17(25-26-18)19(29)28(11-10-27-8-1-2-9-27)13-14-4-3-5-16-15(14)6-7-24-16/h3-7,12,24H,1-2,8-11,13H2,(H,25,26). The molecule has 1 aliphatic heterocycles. The number of hydrogen-bond donors (Lipinski definition) is 2. The molecule has 0 atom stereocenters. The lowest BCUT2D eigenvalue weighted by molar-refractivity contribution is -0.141. The van der Waals surface area contributed by atoms with E-state index in [1.54, 1.807) is 4.90 Å². The fraction of sp³-hybridized carbons (Fsp3) is 0.400. The zero-order valence-corrected chi connectivity index (χ0v) is 15.8. The molecule has 0 aliphatic carbocycles. The van der Waals surface area contributed by atoms with Gasteiger partial charge in [-0.25, -0.2) is 0 Å². The second-order valence-corrected chi connectivity index (χ2v) is 7.30. The molecule has 154 valence electrons. The molecule has 3 heterocycles. The molecular weight excluding hydrogens is 383 g/mol. The summed E-state index contributed by atoms with van der Waals surface area (Å²) in [5, 5.41) is 6.51. The summed E-state index contributed by atoms with van der Waals surface area (Å²) in [6, 6.07) is 8.49. The minimum Gasteiger partial charge on any atom is -0.361 e. The minimum absolute atomic E-state index is 0.153. The van der Waals surface area contributed by atoms with E-state index in [0.717, 1.165) is 48.5 Å². The van der Waals surface area contributed by atoms with Crippen LogP contribution in [0.2, 0.25) is 0 Å². The van der Waals surface area contributed by atoms with Gasteiger partial charge in [0, 0.05) is 42.8 Å². The van der Waals surface area contributed by atoms with Crippen LogP contribution in [0.1, 0.15) is 34.6 Å². The number of carbonyl (C=O) groups is 1. The number of H-pyrrole nitrogens is 2. The molecule has 0 radical (unpaired) electrons. The Balaban J connectivity index is 1.57. The van der Waals surface area contributed by atoms with Gasteiger partial charge in [0.1, 0.15) is 5.69 Å². The lowest BCUT2D eigenvalue weighted by Crippen LogP contribution is -2.37. The molecule has 1 aliphatic rings. The third kappa shape index (κ3) is 4.29. The highest BCUT2D eigenvalue weighted by molar-refractivity contribution is 5.93. The lowest BCUT2D eigenvalue weighted by Gasteiger charge is -2.25. The number of amides is 1. The Morgan fingerprint density at radius 1 is 1.21 bits per heavy atom. The number of carbonyl (C=O) groups excluding carboxylic acids is 1. The van der Waals surface area contributed by atoms with Crippen molar-refractivity contribution >= 4 is 16.8 Å². The Hall–Kier alpha value is -2.81. The van der Waals surface area contributed by atoms with Crippen molar-refractivity contribution in [2.45, 2.75) is 25.6 Å². The molecule has 1 aromatic carbocycles. The number of rotatable bonds is 6. The van der Waals surface area contributed by atoms with Gasteiger partial charge in [-0.1, -0.05) is 12.1 Å². The van der Waals surface area contributed by atoms with Gasteiger partial charge in [0.15, 0.2) is 5.69 Å². The van der Waals surface area contributed by atoms with Crippen LogP contribution >= 0.6 is 0 Å². The summed E-state index contributed by atoms with van der Waals surface area (Å²) in [7, 11) is 0. The zero-order valence-electron chi connectivity index (χ0n) is 15.8. The van der Waals surface area contributed by atoms with Crippen molar-refractivity contribution in [3.8, 4) is 0 Å². The molecule has 9 heteroatoms. The molecule has 1 saturated heterocycles. The van der Waals surface area contributed by atoms with Crippen LogP contribution in [0.25, 0.3) is 10.9 Å². The van der Waals surface area contributed by atoms with Crippen LogP contribution in [0.5, 0.6) is 0 Å². The van der Waals surface area contributed by atoms with E-state index < -0.39 is 17.8 Å². The molecule has 29 heavy (non-hydrogen) atoms. The van der Waals surface area contributed by atoms with E-state index in [1.807, 2.05) is 30.5 Å². The molecule has 0 unspecified atom stereocenters. The highest BCUT2D eigenvalue weighted by Gasteiger charge is 2.35. The second kappa shape index (κ2) is 7.90. The Kier molecular flexibility index (Phi) is 5.31. The molecule has 6 nitrogen and oxygen atoms in total. The van der Waals surface area contributed by atoms with Crippen molar-refractivity contribution in [1.29, 1.82) is 0 Å². The van der Waals surface area contributed by atoms with Crippen LogP contribution in [0.4, 0.5) is 13.2 Å². The maximum absolute atomic E-state index is 13.0. The van der Waals surface area contributed by atoms with Crippen molar-refractivity contribution in [1.82, 2.24) is 25.0 Å². The van der Waals surface area contributed by atoms with Gasteiger partial charge in [-0.15, -0.1) is 0 Å². The highest BCUT2D eigenvalue weighted by atomic mass is 19.4. The summed E-state index contributed by atoms with van der Waals surface area (Å²) >= 11 is 0. The third-order valence-electron chi connectivity index (χ3n) is 5.32. The molecule has 2 aromatic heterocycles. The van der Waals surface area contributed by atoms with Gasteiger partial charge in [-0.3, -0.25) is 9.89 Å². The van der Waals surface area contributed by atoms with E-state index >= 15 is 0 Å². The number of nitrogens with zero attached hydrogens (tertiary/aromatic N) is 3. The van der Waals surface area contributed by atoms with Crippen LogP contribution in [0, 0.1) is 0 Å². The number of benzene rings is 1. The summed E-state index contributed by atoms with van der Waals surface area (Å²) in [6.07, 6.45) is -0.501. The third-order valence-corrected chi connectivity index (χ3v) is 5.32. The molecular formula is C20H22F3N5O. The van der Waals surface area contributed by atoms with Crippen molar-refractivity contribution in [2.75, 3.05) is 26.2 Å². The first kappa shape index (κ1) is 19.5. The topological polar surface area (TPSA) is 68.0 Å². The first-order valence-electron chi connectivity index (χ1n) is 9.61. The van der Waals surface area contributed by atoms with E-state index in [-0.39, 0.29) is 5.69 Å². The number of hydrogen-bond acceptors (Lipinski definition) is 3. The van der Waals surface area contributed by atoms with Gasteiger partial charge in [-0.05, 0) is 43.6 Å². The molecule has 0 saturated carbocycles. The molecule has 3 aromatic rings. The van der Waals surface area contributed by atoms with E-state index in [2.05, 4.69) is 20.1 Å². The van der Waals surface area contributed by atoms with Crippen LogP contribution in [-0.2, 0) is 12.7 Å². The maximum atomic E-state index is 13.0. The SMILES string of the molecule is O=C(c1cc(C(F)(F)F)n[nH]1)N(CCN1CCCC1)Cc1cccc2[nH]ccc12. The van der Waals surface area contributed by atoms with Gasteiger partial charge in [0.25, 0.3) is 5.91 Å². The van der Waals surface area contributed by atoms with Gasteiger partial charge in [0.05, 0.1) is 0 Å². The smallest absolute Gasteiger partial charge is 0.361 e. The number of aromatic amines is 2. The van der Waals surface area contributed by atoms with Crippen LogP contribution < -0.4 is 0 Å². The molecule has 1 fully saturated rings. The van der Waals surface area contributed by atoms with Crippen LogP contribution in [0.3, 0.4) is 0 Å². The molecule has 0 bridgehead atoms. The summed E-state index contributed by atoms with van der Waals surface area (Å²) in [4.78, 5) is 20.0. The predicted octanol–water partition coefficient (Wildman–Crippen LogP) is 3.65. The number of likely N-dealkylation sites (tertiary alicyclic amines) is 1. The Bertz CT molecular complexity index is 987. The largest absolute Gasteiger partial charge is 0.435 e. The van der Waals surface area contributed by atoms with Crippen molar-refractivity contribution in [3.05, 3.63) is 53.5 Å². The summed E-state index contributed by atoms with van der Waals surface area (Å²) in [5.74, 6) is -0.486. The predicted molar refractivity (Wildman–Crippen MR) is 102 cm³/mol. The number of halogens is 3. The number of aromatic nitrogens is 3. The fourth-order valence-corrected chi connectivity index (χ4v) is 3.76. The number of fused-ring (bicyclic) bond motifs is 1. The Labute approximate surface area is 165 Å². The minimum atomic E-state index is -4.59. The van der Waals surface area contributed by atoms with Crippen molar-refractivity contribution < 1.29 is 18.0 Å². The summed E-state index contributed by atoms with van der Waals surface area (Å²) < 4.78 is 38.7. The van der Waals surface area contributed by atoms with Crippen LogP contribution in [-0.4, -0.2) is 57.1 Å². The van der Waals surface area contributed by atoms with E-state index in [1.165, 1.54) is 0 Å². The molecule has 2 N–H and O–H groups in total. The monoisotopic (exact) mass is 405 g/mol. The van der Waals surface area contributed by atoms with Gasteiger partial charge in [-0.2, -0.15) is 18.3 Å². The summed E-state index contributed by atoms with van der Waals surface area (Å²) in [6.45, 7) is 3.40. The highest BCUT2D eigenvalue weighted by Crippen LogP contribution is 2.28. The average molecular weight is 405 g/mol. The quantitative estimate of drug-likeness (QED) is 0.658. The molecule has 1 amide bonds. The van der Waals surface area contributed by atoms with Gasteiger partial charge >= 0.3 is 6.18 Å². The van der Waals surface area contributed by atoms with Crippen LogP contribution in [0.15, 0.2) is 36.5 Å². The van der Waals surface area contributed by atoms with Crippen molar-refractivity contribution in [2.24, 2.45) is 0 Å². The Morgan fingerprint density at radius 3 is 2.72 bits per heavy atom. The maximum Gasteiger partial charge on any atom is 0.435 e. The van der Waals surface area contributed by atoms with E-state index in [0.29, 0.717) is 19.6 Å². The normalized spacial score (nSPS) is 15.3. The second-order valence-electron chi connectivity index (χ2n) is 7.30. The molecule has 4 rings (SSSR count). The van der Waals surface area contributed by atoms with E-state index in [4.69, 9.17) is 0 Å². The molecule has 0 spiro atoms. The van der Waals surface area contributed by atoms with E-state index in [9.17, 15) is 18.0 Å².